The predicted octanol–water partition coefficient (Wildman–Crippen LogP) is 2.76. The Morgan fingerprint density at radius 1 is 1.24 bits per heavy atom. The summed E-state index contributed by atoms with van der Waals surface area (Å²) in [5.74, 6) is 0.911. The van der Waals surface area contributed by atoms with Crippen LogP contribution in [0, 0.1) is 5.82 Å². The third-order valence-corrected chi connectivity index (χ3v) is 3.35. The molecule has 7 heteroatoms. The second-order valence-corrected chi connectivity index (χ2v) is 4.65. The molecule has 3 aromatic rings. The minimum Gasteiger partial charge on any atom is -0.454 e. The van der Waals surface area contributed by atoms with Crippen molar-refractivity contribution in [3.63, 3.8) is 0 Å². The number of aromatic nitrogens is 2. The molecule has 0 saturated carbocycles. The molecule has 0 spiro atoms. The lowest BCUT2D eigenvalue weighted by atomic mass is 10.2. The van der Waals surface area contributed by atoms with Crippen LogP contribution in [0.2, 0.25) is 0 Å². The third-order valence-electron chi connectivity index (χ3n) is 3.35. The Morgan fingerprint density at radius 2 is 2.14 bits per heavy atom. The summed E-state index contributed by atoms with van der Waals surface area (Å²) < 4.78 is 24.6. The van der Waals surface area contributed by atoms with Gasteiger partial charge in [0.05, 0.1) is 5.52 Å². The van der Waals surface area contributed by atoms with Crippen LogP contribution in [0.25, 0.3) is 10.9 Å². The molecule has 0 saturated heterocycles. The van der Waals surface area contributed by atoms with Gasteiger partial charge in [0, 0.05) is 11.1 Å². The topological polar surface area (TPSA) is 85.2 Å². The number of nitrogens with one attached hydrogen (secondary N) is 2. The fourth-order valence-electron chi connectivity index (χ4n) is 2.33. The molecule has 0 unspecified atom stereocenters. The van der Waals surface area contributed by atoms with E-state index >= 15 is 0 Å². The standard InChI is InChI=1S/C14H11FN4O2/c15-9-3-4-11-13(21-6-20-11)12(9)17-7-1-2-8-10(5-7)18-19-14(8)16/h1-5,17H,6H2,(H3,16,18,19). The Labute approximate surface area is 118 Å². The first-order chi connectivity index (χ1) is 10.2. The quantitative estimate of drug-likeness (QED) is 0.674. The Balaban J connectivity index is 1.76. The van der Waals surface area contributed by atoms with E-state index < -0.39 is 5.82 Å². The number of aromatic amines is 1. The van der Waals surface area contributed by atoms with Crippen LogP contribution in [0.5, 0.6) is 11.5 Å². The molecule has 1 aromatic heterocycles. The van der Waals surface area contributed by atoms with Gasteiger partial charge in [0.15, 0.2) is 23.1 Å². The maximum Gasteiger partial charge on any atom is 0.231 e. The van der Waals surface area contributed by atoms with E-state index in [1.807, 2.05) is 6.07 Å². The van der Waals surface area contributed by atoms with Crippen LogP contribution >= 0.6 is 0 Å². The smallest absolute Gasteiger partial charge is 0.231 e. The minimum absolute atomic E-state index is 0.0869. The van der Waals surface area contributed by atoms with Gasteiger partial charge < -0.3 is 20.5 Å². The molecule has 4 rings (SSSR count). The fourth-order valence-corrected chi connectivity index (χ4v) is 2.33. The summed E-state index contributed by atoms with van der Waals surface area (Å²) in [5.41, 5.74) is 7.42. The van der Waals surface area contributed by atoms with Gasteiger partial charge in [0.25, 0.3) is 0 Å². The molecule has 0 bridgehead atoms. The van der Waals surface area contributed by atoms with Crippen LogP contribution in [0.3, 0.4) is 0 Å². The normalized spacial score (nSPS) is 12.8. The van der Waals surface area contributed by atoms with Gasteiger partial charge in [-0.2, -0.15) is 5.10 Å². The lowest BCUT2D eigenvalue weighted by Crippen LogP contribution is -1.97. The Hall–Kier alpha value is -2.96. The van der Waals surface area contributed by atoms with Crippen LogP contribution in [0.1, 0.15) is 0 Å². The number of hydrogen-bond donors (Lipinski definition) is 3. The summed E-state index contributed by atoms with van der Waals surface area (Å²) in [7, 11) is 0. The number of anilines is 3. The van der Waals surface area contributed by atoms with Gasteiger partial charge in [-0.15, -0.1) is 0 Å². The summed E-state index contributed by atoms with van der Waals surface area (Å²) in [4.78, 5) is 0. The summed E-state index contributed by atoms with van der Waals surface area (Å²) in [6.07, 6.45) is 0. The number of ether oxygens (including phenoxy) is 2. The van der Waals surface area contributed by atoms with Gasteiger partial charge >= 0.3 is 0 Å². The highest BCUT2D eigenvalue weighted by Gasteiger charge is 2.21. The van der Waals surface area contributed by atoms with E-state index in [0.29, 0.717) is 23.0 Å². The predicted molar refractivity (Wildman–Crippen MR) is 76.3 cm³/mol. The van der Waals surface area contributed by atoms with Crippen molar-refractivity contribution >= 4 is 28.1 Å². The van der Waals surface area contributed by atoms with Gasteiger partial charge in [0.1, 0.15) is 5.69 Å². The number of rotatable bonds is 2. The molecule has 2 heterocycles. The maximum absolute atomic E-state index is 14.0. The Morgan fingerprint density at radius 3 is 3.05 bits per heavy atom. The molecule has 0 radical (unpaired) electrons. The van der Waals surface area contributed by atoms with E-state index in [1.54, 1.807) is 18.2 Å². The lowest BCUT2D eigenvalue weighted by Gasteiger charge is -2.10. The molecule has 4 N–H and O–H groups in total. The van der Waals surface area contributed by atoms with Crippen molar-refractivity contribution in [2.75, 3.05) is 17.8 Å². The molecular formula is C14H11FN4O2. The summed E-state index contributed by atoms with van der Waals surface area (Å²) in [6.45, 7) is 0.0869. The zero-order valence-electron chi connectivity index (χ0n) is 10.8. The van der Waals surface area contributed by atoms with Crippen molar-refractivity contribution in [3.05, 3.63) is 36.1 Å². The maximum atomic E-state index is 14.0. The highest BCUT2D eigenvalue weighted by molar-refractivity contribution is 5.91. The van der Waals surface area contributed by atoms with Gasteiger partial charge in [-0.3, -0.25) is 5.10 Å². The molecule has 2 aromatic carbocycles. The number of benzene rings is 2. The summed E-state index contributed by atoms with van der Waals surface area (Å²) >= 11 is 0. The highest BCUT2D eigenvalue weighted by Crippen LogP contribution is 2.42. The number of fused-ring (bicyclic) bond motifs is 2. The molecule has 1 aliphatic heterocycles. The third kappa shape index (κ3) is 1.82. The van der Waals surface area contributed by atoms with E-state index in [9.17, 15) is 4.39 Å². The van der Waals surface area contributed by atoms with Gasteiger partial charge in [-0.05, 0) is 30.3 Å². The Kier molecular flexibility index (Phi) is 2.41. The van der Waals surface area contributed by atoms with E-state index in [4.69, 9.17) is 15.2 Å². The summed E-state index contributed by atoms with van der Waals surface area (Å²) in [5, 5.41) is 10.6. The average molecular weight is 286 g/mol. The molecule has 1 aliphatic rings. The van der Waals surface area contributed by atoms with E-state index in [-0.39, 0.29) is 12.5 Å². The molecule has 6 nitrogen and oxygen atoms in total. The van der Waals surface area contributed by atoms with Gasteiger partial charge in [0.2, 0.25) is 6.79 Å². The number of nitrogen functional groups attached to an aromatic ring is 1. The second-order valence-electron chi connectivity index (χ2n) is 4.65. The molecule has 0 aliphatic carbocycles. The molecule has 0 amide bonds. The largest absolute Gasteiger partial charge is 0.454 e. The number of hydrogen-bond acceptors (Lipinski definition) is 5. The first kappa shape index (κ1) is 11.8. The zero-order valence-corrected chi connectivity index (χ0v) is 10.8. The van der Waals surface area contributed by atoms with Gasteiger partial charge in [-0.25, -0.2) is 4.39 Å². The molecule has 0 atom stereocenters. The van der Waals surface area contributed by atoms with Gasteiger partial charge in [-0.1, -0.05) is 0 Å². The first-order valence-corrected chi connectivity index (χ1v) is 6.31. The van der Waals surface area contributed by atoms with E-state index in [1.165, 1.54) is 6.07 Å². The number of nitrogens with two attached hydrogens (primary N) is 1. The number of halogens is 1. The fraction of sp³-hybridized carbons (Fsp3) is 0.0714. The van der Waals surface area contributed by atoms with Crippen LogP contribution in [0.15, 0.2) is 30.3 Å². The second kappa shape index (κ2) is 4.27. The van der Waals surface area contributed by atoms with E-state index in [2.05, 4.69) is 15.5 Å². The van der Waals surface area contributed by atoms with Crippen LogP contribution in [-0.2, 0) is 0 Å². The lowest BCUT2D eigenvalue weighted by molar-refractivity contribution is 0.174. The molecular weight excluding hydrogens is 275 g/mol. The van der Waals surface area contributed by atoms with Crippen molar-refractivity contribution in [2.24, 2.45) is 0 Å². The molecule has 0 fully saturated rings. The van der Waals surface area contributed by atoms with Crippen molar-refractivity contribution in [1.29, 1.82) is 0 Å². The van der Waals surface area contributed by atoms with Crippen molar-refractivity contribution < 1.29 is 13.9 Å². The monoisotopic (exact) mass is 286 g/mol. The molecule has 21 heavy (non-hydrogen) atoms. The average Bonchev–Trinajstić information content (AvgIpc) is 3.09. The highest BCUT2D eigenvalue weighted by atomic mass is 19.1. The molecule has 106 valence electrons. The first-order valence-electron chi connectivity index (χ1n) is 6.31. The SMILES string of the molecule is Nc1n[nH]c2cc(Nc3c(F)ccc4c3OCO4)ccc12. The van der Waals surface area contributed by atoms with Crippen molar-refractivity contribution in [2.45, 2.75) is 0 Å². The van der Waals surface area contributed by atoms with Crippen molar-refractivity contribution in [3.8, 4) is 11.5 Å². The summed E-state index contributed by atoms with van der Waals surface area (Å²) in [6, 6.07) is 8.29. The van der Waals surface area contributed by atoms with Crippen LogP contribution in [0.4, 0.5) is 21.6 Å². The van der Waals surface area contributed by atoms with Crippen molar-refractivity contribution in [1.82, 2.24) is 10.2 Å². The zero-order chi connectivity index (χ0) is 14.4. The van der Waals surface area contributed by atoms with Crippen LogP contribution < -0.4 is 20.5 Å². The number of H-pyrrole nitrogens is 1. The number of nitrogens with zero attached hydrogens (tertiary/aromatic N) is 1. The van der Waals surface area contributed by atoms with E-state index in [0.717, 1.165) is 10.9 Å². The van der Waals surface area contributed by atoms with Crippen LogP contribution in [-0.4, -0.2) is 17.0 Å². The Bertz CT molecular complexity index is 846. The minimum atomic E-state index is -0.413.